The number of Topliss-reactive ketones (excluding diaryl/α,β-unsaturated/α-hetero) is 1. The number of ketones is 1. The monoisotopic (exact) mass is 426 g/mol. The molecule has 4 atom stereocenters. The van der Waals surface area contributed by atoms with Crippen LogP contribution in [-0.4, -0.2) is 34.3 Å². The largest absolute Gasteiger partial charge is 0.324 e. The van der Waals surface area contributed by atoms with E-state index in [1.54, 1.807) is 0 Å². The Bertz CT molecular complexity index is 1170. The molecule has 3 aromatic carbocycles. The quantitative estimate of drug-likeness (QED) is 0.627. The summed E-state index contributed by atoms with van der Waals surface area (Å²) in [4.78, 5) is 30.3. The lowest BCUT2D eigenvalue weighted by atomic mass is 9.69. The molecule has 2 saturated heterocycles. The molecule has 0 radical (unpaired) electrons. The fraction of sp³-hybridized carbons (Fsp3) is 0.231. The lowest BCUT2D eigenvalue weighted by Gasteiger charge is -2.36. The molecule has 3 aliphatic rings. The third-order valence-electron chi connectivity index (χ3n) is 7.05. The van der Waals surface area contributed by atoms with Gasteiger partial charge < -0.3 is 5.32 Å². The van der Waals surface area contributed by atoms with Crippen LogP contribution in [0.4, 0.5) is 5.69 Å². The zero-order valence-electron chi connectivity index (χ0n) is 16.9. The molecule has 4 unspecified atom stereocenters. The second-order valence-electron chi connectivity index (χ2n) is 8.45. The molecule has 5 heteroatoms. The molecule has 0 aliphatic carbocycles. The van der Waals surface area contributed by atoms with E-state index in [0.29, 0.717) is 5.56 Å². The van der Waals surface area contributed by atoms with E-state index in [2.05, 4.69) is 22.3 Å². The molecular weight excluding hydrogens is 404 g/mol. The summed E-state index contributed by atoms with van der Waals surface area (Å²) >= 11 is 1.85. The van der Waals surface area contributed by atoms with E-state index in [-0.39, 0.29) is 23.7 Å². The fourth-order valence-corrected chi connectivity index (χ4v) is 7.19. The van der Waals surface area contributed by atoms with Crippen LogP contribution >= 0.6 is 11.8 Å². The second-order valence-corrected chi connectivity index (χ2v) is 9.45. The molecule has 31 heavy (non-hydrogen) atoms. The minimum absolute atomic E-state index is 0.0423. The number of hydrogen-bond donors (Lipinski definition) is 1. The van der Waals surface area contributed by atoms with E-state index in [4.69, 9.17) is 0 Å². The third kappa shape index (κ3) is 2.54. The summed E-state index contributed by atoms with van der Waals surface area (Å²) in [6.45, 7) is 0. The van der Waals surface area contributed by atoms with E-state index < -0.39 is 11.5 Å². The van der Waals surface area contributed by atoms with Gasteiger partial charge in [-0.1, -0.05) is 78.9 Å². The van der Waals surface area contributed by atoms with Crippen LogP contribution in [0.25, 0.3) is 0 Å². The Hall–Kier alpha value is -2.89. The summed E-state index contributed by atoms with van der Waals surface area (Å²) in [6.07, 6.45) is 0. The SMILES string of the molecule is O=C(c1ccccc1)C1C(c2ccccc2)C2CSCN2C12C(=O)Nc1ccccc12. The molecular formula is C26H22N2O2S. The van der Waals surface area contributed by atoms with Crippen molar-refractivity contribution in [3.8, 4) is 0 Å². The molecule has 3 aromatic rings. The van der Waals surface area contributed by atoms with Crippen molar-refractivity contribution in [1.29, 1.82) is 0 Å². The normalized spacial score (nSPS) is 29.0. The van der Waals surface area contributed by atoms with Gasteiger partial charge in [0.05, 0.1) is 5.92 Å². The minimum Gasteiger partial charge on any atom is -0.324 e. The van der Waals surface area contributed by atoms with Crippen LogP contribution in [0.1, 0.15) is 27.4 Å². The van der Waals surface area contributed by atoms with Gasteiger partial charge in [-0.05, 0) is 11.6 Å². The molecule has 0 aromatic heterocycles. The van der Waals surface area contributed by atoms with Gasteiger partial charge in [-0.15, -0.1) is 11.8 Å². The first kappa shape index (κ1) is 18.8. The Labute approximate surface area is 185 Å². The summed E-state index contributed by atoms with van der Waals surface area (Å²) in [5, 5.41) is 3.11. The van der Waals surface area contributed by atoms with Gasteiger partial charge in [-0.2, -0.15) is 0 Å². The predicted octanol–water partition coefficient (Wildman–Crippen LogP) is 4.51. The smallest absolute Gasteiger partial charge is 0.250 e. The van der Waals surface area contributed by atoms with E-state index in [0.717, 1.165) is 28.4 Å². The summed E-state index contributed by atoms with van der Waals surface area (Å²) < 4.78 is 0. The molecule has 1 spiro atoms. The van der Waals surface area contributed by atoms with Crippen LogP contribution in [0.3, 0.4) is 0 Å². The van der Waals surface area contributed by atoms with Crippen LogP contribution in [-0.2, 0) is 10.3 Å². The first-order chi connectivity index (χ1) is 15.2. The van der Waals surface area contributed by atoms with Crippen LogP contribution in [0.5, 0.6) is 0 Å². The molecule has 154 valence electrons. The molecule has 3 aliphatic heterocycles. The zero-order valence-corrected chi connectivity index (χ0v) is 17.7. The van der Waals surface area contributed by atoms with Crippen LogP contribution in [0.2, 0.25) is 0 Å². The number of nitrogens with one attached hydrogen (secondary N) is 1. The standard InChI is InChI=1S/C26H22N2O2S/c29-24(18-11-5-2-6-12-18)23-22(17-9-3-1-4-10-17)21-15-31-16-28(21)26(23)19-13-7-8-14-20(19)27-25(26)30/h1-14,21-23H,15-16H2,(H,27,30). The molecule has 3 heterocycles. The van der Waals surface area contributed by atoms with Crippen LogP contribution < -0.4 is 5.32 Å². The number of carbonyl (C=O) groups is 2. The number of thioether (sulfide) groups is 1. The number of rotatable bonds is 3. The highest BCUT2D eigenvalue weighted by atomic mass is 32.2. The van der Waals surface area contributed by atoms with Gasteiger partial charge in [-0.3, -0.25) is 14.5 Å². The van der Waals surface area contributed by atoms with Crippen LogP contribution in [0.15, 0.2) is 84.9 Å². The minimum atomic E-state index is -0.988. The van der Waals surface area contributed by atoms with Crippen molar-refractivity contribution >= 4 is 29.1 Å². The van der Waals surface area contributed by atoms with Gasteiger partial charge in [-0.25, -0.2) is 0 Å². The van der Waals surface area contributed by atoms with E-state index in [1.165, 1.54) is 0 Å². The lowest BCUT2D eigenvalue weighted by molar-refractivity contribution is -0.127. The topological polar surface area (TPSA) is 49.4 Å². The highest BCUT2D eigenvalue weighted by molar-refractivity contribution is 7.99. The summed E-state index contributed by atoms with van der Waals surface area (Å²) in [7, 11) is 0. The Kier molecular flexibility index (Phi) is 4.30. The number of fused-ring (bicyclic) bond motifs is 4. The molecule has 1 N–H and O–H groups in total. The molecule has 6 rings (SSSR count). The molecule has 1 amide bonds. The van der Waals surface area contributed by atoms with Crippen molar-refractivity contribution in [3.63, 3.8) is 0 Å². The van der Waals surface area contributed by atoms with Gasteiger partial charge in [0.15, 0.2) is 5.78 Å². The maximum absolute atomic E-state index is 14.2. The first-order valence-corrected chi connectivity index (χ1v) is 11.8. The second kappa shape index (κ2) is 7.08. The predicted molar refractivity (Wildman–Crippen MR) is 123 cm³/mol. The van der Waals surface area contributed by atoms with Crippen molar-refractivity contribution in [2.45, 2.75) is 17.5 Å². The maximum atomic E-state index is 14.2. The average Bonchev–Trinajstić information content (AvgIpc) is 3.48. The van der Waals surface area contributed by atoms with Gasteiger partial charge in [0.2, 0.25) is 5.91 Å². The van der Waals surface area contributed by atoms with Crippen molar-refractivity contribution in [1.82, 2.24) is 4.90 Å². The van der Waals surface area contributed by atoms with Gasteiger partial charge in [0, 0.05) is 40.4 Å². The number of carbonyl (C=O) groups excluding carboxylic acids is 2. The highest BCUT2D eigenvalue weighted by Gasteiger charge is 2.69. The van der Waals surface area contributed by atoms with Crippen molar-refractivity contribution in [2.75, 3.05) is 16.9 Å². The van der Waals surface area contributed by atoms with Crippen molar-refractivity contribution < 1.29 is 9.59 Å². The highest BCUT2D eigenvalue weighted by Crippen LogP contribution is 2.61. The van der Waals surface area contributed by atoms with Crippen LogP contribution in [0, 0.1) is 5.92 Å². The number of benzene rings is 3. The first-order valence-electron chi connectivity index (χ1n) is 10.6. The number of nitrogens with zero attached hydrogens (tertiary/aromatic N) is 1. The Morgan fingerprint density at radius 1 is 0.935 bits per heavy atom. The van der Waals surface area contributed by atoms with E-state index in [9.17, 15) is 9.59 Å². The van der Waals surface area contributed by atoms with Crippen molar-refractivity contribution in [3.05, 3.63) is 102 Å². The number of hydrogen-bond acceptors (Lipinski definition) is 4. The fourth-order valence-electron chi connectivity index (χ4n) is 5.86. The van der Waals surface area contributed by atoms with Crippen molar-refractivity contribution in [2.24, 2.45) is 5.92 Å². The third-order valence-corrected chi connectivity index (χ3v) is 8.09. The zero-order chi connectivity index (χ0) is 21.0. The lowest BCUT2D eigenvalue weighted by Crippen LogP contribution is -2.52. The molecule has 4 nitrogen and oxygen atoms in total. The van der Waals surface area contributed by atoms with E-state index in [1.807, 2.05) is 84.6 Å². The Morgan fingerprint density at radius 2 is 1.61 bits per heavy atom. The maximum Gasteiger partial charge on any atom is 0.250 e. The summed E-state index contributed by atoms with van der Waals surface area (Å²) in [5.74, 6) is 1.08. The number of anilines is 1. The van der Waals surface area contributed by atoms with Gasteiger partial charge in [0.1, 0.15) is 5.54 Å². The Morgan fingerprint density at radius 3 is 2.39 bits per heavy atom. The summed E-state index contributed by atoms with van der Waals surface area (Å²) in [6, 6.07) is 27.7. The summed E-state index contributed by atoms with van der Waals surface area (Å²) in [5.41, 5.74) is 2.56. The molecule has 2 fully saturated rings. The number of amides is 1. The molecule has 0 saturated carbocycles. The van der Waals surface area contributed by atoms with Gasteiger partial charge in [0.25, 0.3) is 0 Å². The number of para-hydroxylation sites is 1. The van der Waals surface area contributed by atoms with E-state index >= 15 is 0 Å². The average molecular weight is 427 g/mol. The van der Waals surface area contributed by atoms with Gasteiger partial charge >= 0.3 is 0 Å². The molecule has 0 bridgehead atoms. The Balaban J connectivity index is 1.62.